The van der Waals surface area contributed by atoms with Gasteiger partial charge in [0.2, 0.25) is 0 Å². The smallest absolute Gasteiger partial charge is 0.140 e. The van der Waals surface area contributed by atoms with Crippen LogP contribution in [0.15, 0.2) is 30.6 Å². The van der Waals surface area contributed by atoms with Crippen molar-refractivity contribution in [2.75, 3.05) is 14.1 Å². The van der Waals surface area contributed by atoms with Crippen LogP contribution in [0.3, 0.4) is 0 Å². The van der Waals surface area contributed by atoms with Crippen LogP contribution in [0, 0.1) is 17.3 Å². The van der Waals surface area contributed by atoms with Crippen molar-refractivity contribution >= 4 is 5.57 Å². The van der Waals surface area contributed by atoms with Gasteiger partial charge in [0, 0.05) is 30.3 Å². The van der Waals surface area contributed by atoms with Crippen LogP contribution in [0.25, 0.3) is 5.57 Å². The summed E-state index contributed by atoms with van der Waals surface area (Å²) in [6.07, 6.45) is 8.56. The number of aliphatic hydroxyl groups excluding tert-OH is 2. The van der Waals surface area contributed by atoms with Crippen molar-refractivity contribution in [3.63, 3.8) is 0 Å². The number of alkyl halides is 1. The number of ether oxygens (including phenoxy) is 1. The van der Waals surface area contributed by atoms with Gasteiger partial charge < -0.3 is 19.8 Å². The van der Waals surface area contributed by atoms with E-state index in [1.807, 2.05) is 31.4 Å². The van der Waals surface area contributed by atoms with Crippen LogP contribution in [-0.4, -0.2) is 69.3 Å². The molecule has 2 saturated carbocycles. The number of aliphatic hydroxyl groups is 2. The van der Waals surface area contributed by atoms with E-state index in [0.29, 0.717) is 25.7 Å². The van der Waals surface area contributed by atoms with Crippen LogP contribution in [0.1, 0.15) is 57.4 Å². The standard InChI is InChI=1S/C26H35FN2O3/c1-23-8-10-25(27)14-18-21(30)22(31)19(29(2)3)15-24(18)9-11-26(25,32-24)20(23)5-4-17(23)16-6-12-28-13-7-16/h4,6-7,12-13,18-22,30-31H,5,8-11,14-15H2,1-3H3. The van der Waals surface area contributed by atoms with Gasteiger partial charge in [0.05, 0.1) is 17.8 Å². The first-order chi connectivity index (χ1) is 15.2. The van der Waals surface area contributed by atoms with E-state index in [2.05, 4.69) is 30.1 Å². The van der Waals surface area contributed by atoms with Gasteiger partial charge in [0.25, 0.3) is 0 Å². The minimum Gasteiger partial charge on any atom is -0.390 e. The molecule has 2 N–H and O–H groups in total. The molecule has 2 bridgehead atoms. The minimum absolute atomic E-state index is 0.0824. The second kappa shape index (κ2) is 6.62. The van der Waals surface area contributed by atoms with Gasteiger partial charge in [-0.15, -0.1) is 0 Å². The molecule has 2 spiro atoms. The van der Waals surface area contributed by atoms with Gasteiger partial charge in [-0.2, -0.15) is 0 Å². The zero-order valence-corrected chi connectivity index (χ0v) is 19.3. The summed E-state index contributed by atoms with van der Waals surface area (Å²) in [6, 6.07) is 3.93. The highest BCUT2D eigenvalue weighted by atomic mass is 19.1. The molecule has 9 unspecified atom stereocenters. The minimum atomic E-state index is -1.46. The van der Waals surface area contributed by atoms with Gasteiger partial charge in [0.1, 0.15) is 11.3 Å². The maximum Gasteiger partial charge on any atom is 0.140 e. The molecule has 5 nitrogen and oxygen atoms in total. The molecule has 0 radical (unpaired) electrons. The molecule has 2 saturated heterocycles. The second-order valence-electron chi connectivity index (χ2n) is 11.6. The molecule has 1 aromatic rings. The summed E-state index contributed by atoms with van der Waals surface area (Å²) in [5.41, 5.74) is -0.490. The van der Waals surface area contributed by atoms with Crippen LogP contribution in [0.5, 0.6) is 0 Å². The van der Waals surface area contributed by atoms with Gasteiger partial charge in [-0.05, 0) is 87.7 Å². The highest BCUT2D eigenvalue weighted by molar-refractivity contribution is 5.73. The van der Waals surface area contributed by atoms with Crippen molar-refractivity contribution in [1.82, 2.24) is 9.88 Å². The summed E-state index contributed by atoms with van der Waals surface area (Å²) in [4.78, 5) is 6.16. The van der Waals surface area contributed by atoms with E-state index < -0.39 is 29.1 Å². The molecule has 9 atom stereocenters. The molecule has 2 aliphatic heterocycles. The fourth-order valence-corrected chi connectivity index (χ4v) is 8.54. The number of rotatable bonds is 2. The third-order valence-corrected chi connectivity index (χ3v) is 10.2. The molecule has 1 aromatic heterocycles. The van der Waals surface area contributed by atoms with Crippen molar-refractivity contribution in [3.8, 4) is 0 Å². The van der Waals surface area contributed by atoms with Crippen LogP contribution >= 0.6 is 0 Å². The number of hydrogen-bond acceptors (Lipinski definition) is 5. The van der Waals surface area contributed by atoms with Crippen molar-refractivity contribution in [3.05, 3.63) is 36.2 Å². The zero-order valence-electron chi connectivity index (χ0n) is 19.3. The molecule has 174 valence electrons. The summed E-state index contributed by atoms with van der Waals surface area (Å²) < 4.78 is 24.0. The predicted octanol–water partition coefficient (Wildman–Crippen LogP) is 3.36. The first-order valence-electron chi connectivity index (χ1n) is 12.2. The number of allylic oxidation sites excluding steroid dienone is 2. The van der Waals surface area contributed by atoms with E-state index in [1.165, 1.54) is 11.1 Å². The summed E-state index contributed by atoms with van der Waals surface area (Å²) in [6.45, 7) is 2.30. The molecule has 6 heteroatoms. The fourth-order valence-electron chi connectivity index (χ4n) is 8.54. The summed E-state index contributed by atoms with van der Waals surface area (Å²) in [5, 5.41) is 21.9. The van der Waals surface area contributed by atoms with Crippen molar-refractivity contribution in [1.29, 1.82) is 0 Å². The lowest BCUT2D eigenvalue weighted by atomic mass is 9.51. The van der Waals surface area contributed by atoms with Crippen molar-refractivity contribution < 1.29 is 19.3 Å². The van der Waals surface area contributed by atoms with E-state index >= 15 is 4.39 Å². The Hall–Kier alpha value is -1.34. The molecule has 3 aliphatic carbocycles. The van der Waals surface area contributed by atoms with Gasteiger partial charge in [-0.25, -0.2) is 4.39 Å². The number of halogens is 1. The predicted molar refractivity (Wildman–Crippen MR) is 119 cm³/mol. The number of pyridine rings is 1. The van der Waals surface area contributed by atoms with Gasteiger partial charge in [0.15, 0.2) is 0 Å². The molecule has 6 rings (SSSR count). The Balaban J connectivity index is 1.40. The number of hydrogen-bond donors (Lipinski definition) is 2. The average Bonchev–Trinajstić information content (AvgIpc) is 3.30. The van der Waals surface area contributed by atoms with E-state index in [9.17, 15) is 10.2 Å². The first kappa shape index (κ1) is 21.2. The normalized spacial score (nSPS) is 51.7. The third kappa shape index (κ3) is 2.45. The second-order valence-corrected chi connectivity index (χ2v) is 11.6. The van der Waals surface area contributed by atoms with E-state index in [0.717, 1.165) is 19.3 Å². The van der Waals surface area contributed by atoms with Crippen LogP contribution in [-0.2, 0) is 4.74 Å². The quantitative estimate of drug-likeness (QED) is 0.735. The number of nitrogens with zero attached hydrogens (tertiary/aromatic N) is 2. The summed E-state index contributed by atoms with van der Waals surface area (Å²) >= 11 is 0. The lowest BCUT2D eigenvalue weighted by molar-refractivity contribution is -0.314. The topological polar surface area (TPSA) is 65.8 Å². The zero-order chi connectivity index (χ0) is 22.5. The SMILES string of the molecule is CN(C)C1CC23CCC4(O2)C2CC=C(c5ccncc5)C2(C)CCC4(F)CC3C(O)C1O. The fraction of sp³-hybridized carbons (Fsp3) is 0.731. The lowest BCUT2D eigenvalue weighted by Crippen LogP contribution is -2.72. The van der Waals surface area contributed by atoms with Crippen LogP contribution in [0.4, 0.5) is 4.39 Å². The average molecular weight is 443 g/mol. The van der Waals surface area contributed by atoms with Crippen molar-refractivity contribution in [2.45, 2.75) is 87.0 Å². The van der Waals surface area contributed by atoms with E-state index in [-0.39, 0.29) is 23.3 Å². The summed E-state index contributed by atoms with van der Waals surface area (Å²) in [7, 11) is 3.87. The molecule has 3 heterocycles. The Kier molecular flexibility index (Phi) is 4.39. The van der Waals surface area contributed by atoms with E-state index in [1.54, 1.807) is 0 Å². The monoisotopic (exact) mass is 442 g/mol. The first-order valence-corrected chi connectivity index (χ1v) is 12.2. The number of aromatic nitrogens is 1. The molecular formula is C26H35FN2O3. The van der Waals surface area contributed by atoms with Crippen molar-refractivity contribution in [2.24, 2.45) is 17.3 Å². The Morgan fingerprint density at radius 1 is 1.06 bits per heavy atom. The maximum absolute atomic E-state index is 17.0. The molecule has 32 heavy (non-hydrogen) atoms. The molecule has 0 amide bonds. The van der Waals surface area contributed by atoms with Gasteiger partial charge in [-0.3, -0.25) is 4.98 Å². The number of fused-ring (bicyclic) bond motifs is 1. The third-order valence-electron chi connectivity index (χ3n) is 10.2. The summed E-state index contributed by atoms with van der Waals surface area (Å²) in [5.74, 6) is -0.272. The van der Waals surface area contributed by atoms with Gasteiger partial charge in [-0.1, -0.05) is 13.0 Å². The highest BCUT2D eigenvalue weighted by Crippen LogP contribution is 2.72. The maximum atomic E-state index is 17.0. The Bertz CT molecular complexity index is 956. The highest BCUT2D eigenvalue weighted by Gasteiger charge is 2.77. The van der Waals surface area contributed by atoms with Crippen LogP contribution in [0.2, 0.25) is 0 Å². The number of likely N-dealkylation sites (N-methyl/N-ethyl adjacent to an activating group) is 1. The molecule has 0 aromatic carbocycles. The molecule has 4 fully saturated rings. The van der Waals surface area contributed by atoms with E-state index in [4.69, 9.17) is 4.74 Å². The lowest BCUT2D eigenvalue weighted by Gasteiger charge is -2.64. The molecular weight excluding hydrogens is 407 g/mol. The van der Waals surface area contributed by atoms with Crippen LogP contribution < -0.4 is 0 Å². The Morgan fingerprint density at radius 2 is 1.81 bits per heavy atom. The largest absolute Gasteiger partial charge is 0.390 e. The Labute approximate surface area is 189 Å². The Morgan fingerprint density at radius 3 is 2.53 bits per heavy atom. The molecule has 5 aliphatic rings. The van der Waals surface area contributed by atoms with Gasteiger partial charge >= 0.3 is 0 Å².